The largest absolute Gasteiger partial charge is 0.488 e. The molecular formula is C31H32FNO3. The second kappa shape index (κ2) is 8.75. The quantitative estimate of drug-likeness (QED) is 0.346. The van der Waals surface area contributed by atoms with Crippen molar-refractivity contribution in [3.8, 4) is 11.4 Å². The zero-order valence-corrected chi connectivity index (χ0v) is 20.8. The Morgan fingerprint density at radius 2 is 1.69 bits per heavy atom. The molecule has 2 heterocycles. The fourth-order valence-electron chi connectivity index (χ4n) is 6.03. The Hall–Kier alpha value is -3.15. The van der Waals surface area contributed by atoms with Crippen LogP contribution in [0.25, 0.3) is 16.6 Å². The lowest BCUT2D eigenvalue weighted by atomic mass is 9.71. The molecule has 0 unspecified atom stereocenters. The summed E-state index contributed by atoms with van der Waals surface area (Å²) in [6.45, 7) is 5.46. The minimum absolute atomic E-state index is 0.253. The molecule has 2 aliphatic rings. The minimum atomic E-state index is -0.486. The first-order chi connectivity index (χ1) is 17.4. The van der Waals surface area contributed by atoms with Gasteiger partial charge < -0.3 is 19.1 Å². The summed E-state index contributed by atoms with van der Waals surface area (Å²) >= 11 is 0. The molecule has 0 amide bonds. The molecule has 0 atom stereocenters. The Balaban J connectivity index is 1.61. The summed E-state index contributed by atoms with van der Waals surface area (Å²) < 4.78 is 29.4. The number of benzene rings is 3. The average Bonchev–Trinajstić information content (AvgIpc) is 3.26. The van der Waals surface area contributed by atoms with E-state index in [0.29, 0.717) is 26.1 Å². The van der Waals surface area contributed by atoms with Gasteiger partial charge in [-0.05, 0) is 67.6 Å². The molecule has 1 aromatic heterocycles. The van der Waals surface area contributed by atoms with Crippen LogP contribution in [0.1, 0.15) is 56.4 Å². The van der Waals surface area contributed by atoms with Crippen LogP contribution >= 0.6 is 0 Å². The summed E-state index contributed by atoms with van der Waals surface area (Å²) in [6.07, 6.45) is 2.63. The summed E-state index contributed by atoms with van der Waals surface area (Å²) in [5.41, 5.74) is 4.63. The zero-order chi connectivity index (χ0) is 24.9. The van der Waals surface area contributed by atoms with E-state index in [4.69, 9.17) is 9.47 Å². The lowest BCUT2D eigenvalue weighted by Gasteiger charge is -2.47. The van der Waals surface area contributed by atoms with Crippen LogP contribution in [-0.2, 0) is 22.4 Å². The lowest BCUT2D eigenvalue weighted by molar-refractivity contribution is -0.120. The Labute approximate surface area is 211 Å². The number of aromatic nitrogens is 1. The average molecular weight is 486 g/mol. The van der Waals surface area contributed by atoms with Crippen molar-refractivity contribution in [1.82, 2.24) is 4.57 Å². The fraction of sp³-hybridized carbons (Fsp3) is 0.355. The zero-order valence-electron chi connectivity index (χ0n) is 20.8. The van der Waals surface area contributed by atoms with Gasteiger partial charge in [0.15, 0.2) is 0 Å². The van der Waals surface area contributed by atoms with Crippen LogP contribution in [-0.4, -0.2) is 22.4 Å². The predicted octanol–water partition coefficient (Wildman–Crippen LogP) is 6.79. The number of rotatable bonds is 4. The van der Waals surface area contributed by atoms with Gasteiger partial charge >= 0.3 is 0 Å². The van der Waals surface area contributed by atoms with Crippen LogP contribution < -0.4 is 4.74 Å². The van der Waals surface area contributed by atoms with E-state index in [9.17, 15) is 9.50 Å². The van der Waals surface area contributed by atoms with Gasteiger partial charge in [0.1, 0.15) is 18.2 Å². The molecule has 6 rings (SSSR count). The maximum absolute atomic E-state index is 13.9. The van der Waals surface area contributed by atoms with Gasteiger partial charge in [-0.3, -0.25) is 0 Å². The van der Waals surface area contributed by atoms with Crippen molar-refractivity contribution in [3.63, 3.8) is 0 Å². The number of hydrogen-bond acceptors (Lipinski definition) is 3. The maximum atomic E-state index is 13.9. The van der Waals surface area contributed by atoms with E-state index in [0.717, 1.165) is 46.3 Å². The van der Waals surface area contributed by atoms with Crippen molar-refractivity contribution in [2.24, 2.45) is 0 Å². The van der Waals surface area contributed by atoms with Crippen molar-refractivity contribution in [2.75, 3.05) is 6.61 Å². The molecule has 5 heteroatoms. The molecular weight excluding hydrogens is 453 g/mol. The van der Waals surface area contributed by atoms with Gasteiger partial charge in [0, 0.05) is 27.7 Å². The number of fused-ring (bicyclic) bond motifs is 4. The molecule has 1 aliphatic carbocycles. The Kier molecular flexibility index (Phi) is 5.66. The van der Waals surface area contributed by atoms with Gasteiger partial charge in [-0.15, -0.1) is 0 Å². The Morgan fingerprint density at radius 1 is 0.972 bits per heavy atom. The van der Waals surface area contributed by atoms with Gasteiger partial charge in [-0.2, -0.15) is 0 Å². The third-order valence-corrected chi connectivity index (χ3v) is 7.85. The molecule has 1 aliphatic heterocycles. The molecule has 1 spiro atoms. The third-order valence-electron chi connectivity index (χ3n) is 7.85. The van der Waals surface area contributed by atoms with Crippen LogP contribution in [0.5, 0.6) is 5.75 Å². The Bertz CT molecular complexity index is 1380. The van der Waals surface area contributed by atoms with E-state index in [-0.39, 0.29) is 17.3 Å². The predicted molar refractivity (Wildman–Crippen MR) is 139 cm³/mol. The van der Waals surface area contributed by atoms with E-state index >= 15 is 0 Å². The highest BCUT2D eigenvalue weighted by Gasteiger charge is 2.50. The smallest absolute Gasteiger partial charge is 0.129 e. The molecule has 1 N–H and O–H groups in total. The second-order valence-electron chi connectivity index (χ2n) is 10.9. The summed E-state index contributed by atoms with van der Waals surface area (Å²) in [5.74, 6) is 0.566. The molecule has 0 radical (unpaired) electrons. The summed E-state index contributed by atoms with van der Waals surface area (Å²) in [4.78, 5) is 0. The third kappa shape index (κ3) is 3.82. The van der Waals surface area contributed by atoms with E-state index in [1.165, 1.54) is 17.8 Å². The van der Waals surface area contributed by atoms with E-state index in [2.05, 4.69) is 36.6 Å². The summed E-state index contributed by atoms with van der Waals surface area (Å²) in [7, 11) is 0. The first-order valence-electron chi connectivity index (χ1n) is 12.8. The monoisotopic (exact) mass is 485 g/mol. The van der Waals surface area contributed by atoms with Crippen molar-refractivity contribution in [3.05, 3.63) is 95.4 Å². The van der Waals surface area contributed by atoms with Gasteiger partial charge in [-0.25, -0.2) is 4.39 Å². The number of halogens is 1. The molecule has 186 valence electrons. The minimum Gasteiger partial charge on any atom is -0.488 e. The Morgan fingerprint density at radius 3 is 2.42 bits per heavy atom. The molecule has 0 saturated heterocycles. The van der Waals surface area contributed by atoms with Crippen molar-refractivity contribution >= 4 is 10.9 Å². The van der Waals surface area contributed by atoms with E-state index in [1.807, 2.05) is 42.5 Å². The SMILES string of the molecule is CC1(C)COC2(CCC(O)CC2)c2c1n(-c1ccc(F)cc1)c1cccc(OCc3ccccc3)c21. The molecule has 1 fully saturated rings. The molecule has 4 aromatic rings. The van der Waals surface area contributed by atoms with Crippen molar-refractivity contribution in [2.45, 2.75) is 63.3 Å². The van der Waals surface area contributed by atoms with Crippen LogP contribution in [0.4, 0.5) is 4.39 Å². The van der Waals surface area contributed by atoms with Crippen molar-refractivity contribution in [1.29, 1.82) is 0 Å². The highest BCUT2D eigenvalue weighted by Crippen LogP contribution is 2.54. The highest BCUT2D eigenvalue weighted by molar-refractivity contribution is 5.94. The molecule has 4 nitrogen and oxygen atoms in total. The van der Waals surface area contributed by atoms with Crippen LogP contribution in [0, 0.1) is 5.82 Å². The normalized spacial score (nSPS) is 23.1. The first kappa shape index (κ1) is 23.3. The number of nitrogens with zero attached hydrogens (tertiary/aromatic N) is 1. The van der Waals surface area contributed by atoms with Crippen molar-refractivity contribution < 1.29 is 19.0 Å². The standard InChI is InChI=1S/C31H32FNO3/c1-30(2)20-36-31(17-15-24(34)16-18-31)28-27-25(33(29(28)30)23-13-11-22(32)12-14-23)9-6-10-26(27)35-19-21-7-4-3-5-8-21/h3-14,24,34H,15-20H2,1-2H3. The number of ether oxygens (including phenoxy) is 2. The van der Waals surface area contributed by atoms with Crippen LogP contribution in [0.2, 0.25) is 0 Å². The maximum Gasteiger partial charge on any atom is 0.129 e. The number of aliphatic hydroxyl groups excluding tert-OH is 1. The van der Waals surface area contributed by atoms with Gasteiger partial charge in [0.25, 0.3) is 0 Å². The number of hydrogen-bond donors (Lipinski definition) is 1. The van der Waals surface area contributed by atoms with Gasteiger partial charge in [0.2, 0.25) is 0 Å². The fourth-order valence-corrected chi connectivity index (χ4v) is 6.03. The van der Waals surface area contributed by atoms with Gasteiger partial charge in [-0.1, -0.05) is 50.2 Å². The summed E-state index contributed by atoms with van der Waals surface area (Å²) in [6, 6.07) is 23.1. The van der Waals surface area contributed by atoms with Gasteiger partial charge in [0.05, 0.1) is 23.8 Å². The molecule has 3 aromatic carbocycles. The second-order valence-corrected chi connectivity index (χ2v) is 10.9. The van der Waals surface area contributed by atoms with Crippen LogP contribution in [0.3, 0.4) is 0 Å². The molecule has 0 bridgehead atoms. The lowest BCUT2D eigenvalue weighted by Crippen LogP contribution is -2.46. The van der Waals surface area contributed by atoms with Crippen LogP contribution in [0.15, 0.2) is 72.8 Å². The molecule has 36 heavy (non-hydrogen) atoms. The van der Waals surface area contributed by atoms with E-state index in [1.54, 1.807) is 0 Å². The highest BCUT2D eigenvalue weighted by atomic mass is 19.1. The topological polar surface area (TPSA) is 43.6 Å². The first-order valence-corrected chi connectivity index (χ1v) is 12.8. The molecule has 1 saturated carbocycles. The van der Waals surface area contributed by atoms with E-state index < -0.39 is 5.60 Å². The number of aliphatic hydroxyl groups is 1. The summed E-state index contributed by atoms with van der Waals surface area (Å²) in [5, 5.41) is 11.4.